The molecule has 0 saturated heterocycles. The Morgan fingerprint density at radius 2 is 1.67 bits per heavy atom. The summed E-state index contributed by atoms with van der Waals surface area (Å²) < 4.78 is 0. The van der Waals surface area contributed by atoms with Crippen molar-refractivity contribution in [1.29, 1.82) is 0 Å². The van der Waals surface area contributed by atoms with Crippen LogP contribution in [0.4, 0.5) is 0 Å². The number of hydrogen-bond acceptors (Lipinski definition) is 2. The van der Waals surface area contributed by atoms with E-state index < -0.39 is 0 Å². The highest BCUT2D eigenvalue weighted by Gasteiger charge is 2.12. The fourth-order valence-electron chi connectivity index (χ4n) is 1.12. The molecule has 0 aliphatic carbocycles. The molecule has 2 unspecified atom stereocenters. The van der Waals surface area contributed by atoms with Crippen LogP contribution in [0.2, 0.25) is 0 Å². The third-order valence-electron chi connectivity index (χ3n) is 2.60. The lowest BCUT2D eigenvalue weighted by molar-refractivity contribution is 0.203. The van der Waals surface area contributed by atoms with Gasteiger partial charge in [0, 0.05) is 12.1 Å². The van der Waals surface area contributed by atoms with Crippen LogP contribution in [0.25, 0.3) is 0 Å². The second kappa shape index (κ2) is 5.55. The van der Waals surface area contributed by atoms with E-state index >= 15 is 0 Å². The lowest BCUT2D eigenvalue weighted by Gasteiger charge is -2.28. The van der Waals surface area contributed by atoms with E-state index in [1.165, 1.54) is 0 Å². The molecule has 0 saturated carbocycles. The van der Waals surface area contributed by atoms with Gasteiger partial charge in [0.15, 0.2) is 0 Å². The summed E-state index contributed by atoms with van der Waals surface area (Å²) in [5, 5.41) is 0. The van der Waals surface area contributed by atoms with Gasteiger partial charge in [-0.15, -0.1) is 0 Å². The van der Waals surface area contributed by atoms with E-state index in [1.807, 2.05) is 0 Å². The van der Waals surface area contributed by atoms with Crippen LogP contribution in [0, 0.1) is 5.92 Å². The zero-order valence-electron chi connectivity index (χ0n) is 9.17. The molecule has 0 rings (SSSR count). The molecule has 0 aromatic rings. The van der Waals surface area contributed by atoms with Crippen LogP contribution in [0.3, 0.4) is 0 Å². The Bertz CT molecular complexity index is 110. The summed E-state index contributed by atoms with van der Waals surface area (Å²) in [5.74, 6) is 0.725. The van der Waals surface area contributed by atoms with Crippen molar-refractivity contribution < 1.29 is 0 Å². The van der Waals surface area contributed by atoms with Crippen molar-refractivity contribution in [2.75, 3.05) is 13.6 Å². The molecule has 0 fully saturated rings. The molecule has 12 heavy (non-hydrogen) atoms. The van der Waals surface area contributed by atoms with Crippen molar-refractivity contribution in [2.24, 2.45) is 11.7 Å². The Balaban J connectivity index is 3.64. The van der Waals surface area contributed by atoms with Crippen molar-refractivity contribution in [2.45, 2.75) is 46.2 Å². The molecule has 0 radical (unpaired) electrons. The fraction of sp³-hybridized carbons (Fsp3) is 1.00. The van der Waals surface area contributed by atoms with Gasteiger partial charge in [0.25, 0.3) is 0 Å². The molecule has 0 bridgehead atoms. The SMILES string of the molecule is CC(N)CCN(C)C(C)C(C)C. The van der Waals surface area contributed by atoms with Gasteiger partial charge in [-0.1, -0.05) is 13.8 Å². The fourth-order valence-corrected chi connectivity index (χ4v) is 1.12. The maximum Gasteiger partial charge on any atom is 0.00868 e. The van der Waals surface area contributed by atoms with E-state index in [-0.39, 0.29) is 0 Å². The summed E-state index contributed by atoms with van der Waals surface area (Å²) >= 11 is 0. The molecule has 0 aliphatic heterocycles. The Kier molecular flexibility index (Phi) is 5.51. The Morgan fingerprint density at radius 1 is 1.17 bits per heavy atom. The highest BCUT2D eigenvalue weighted by atomic mass is 15.1. The van der Waals surface area contributed by atoms with E-state index in [0.29, 0.717) is 12.1 Å². The molecule has 0 aromatic heterocycles. The molecule has 0 aromatic carbocycles. The van der Waals surface area contributed by atoms with E-state index in [4.69, 9.17) is 5.73 Å². The second-order valence-corrected chi connectivity index (χ2v) is 4.23. The minimum atomic E-state index is 0.326. The molecule has 0 heterocycles. The van der Waals surface area contributed by atoms with Crippen LogP contribution in [-0.4, -0.2) is 30.6 Å². The van der Waals surface area contributed by atoms with E-state index in [9.17, 15) is 0 Å². The smallest absolute Gasteiger partial charge is 0.00868 e. The Labute approximate surface area is 77.1 Å². The van der Waals surface area contributed by atoms with Gasteiger partial charge < -0.3 is 10.6 Å². The van der Waals surface area contributed by atoms with Crippen molar-refractivity contribution in [1.82, 2.24) is 4.90 Å². The van der Waals surface area contributed by atoms with Crippen molar-refractivity contribution in [3.63, 3.8) is 0 Å². The first-order valence-electron chi connectivity index (χ1n) is 4.91. The average molecular weight is 172 g/mol. The van der Waals surface area contributed by atoms with Gasteiger partial charge in [-0.2, -0.15) is 0 Å². The Morgan fingerprint density at radius 3 is 2.00 bits per heavy atom. The third-order valence-corrected chi connectivity index (χ3v) is 2.60. The number of nitrogens with two attached hydrogens (primary N) is 1. The Hall–Kier alpha value is -0.0800. The molecular weight excluding hydrogens is 148 g/mol. The second-order valence-electron chi connectivity index (χ2n) is 4.23. The van der Waals surface area contributed by atoms with Gasteiger partial charge in [0.1, 0.15) is 0 Å². The first-order valence-corrected chi connectivity index (χ1v) is 4.91. The first-order chi connectivity index (χ1) is 5.45. The predicted molar refractivity (Wildman–Crippen MR) is 55.2 cm³/mol. The molecule has 2 nitrogen and oxygen atoms in total. The van der Waals surface area contributed by atoms with Gasteiger partial charge in [-0.05, 0) is 39.8 Å². The van der Waals surface area contributed by atoms with Crippen molar-refractivity contribution in [3.05, 3.63) is 0 Å². The maximum atomic E-state index is 5.69. The van der Waals surface area contributed by atoms with Crippen LogP contribution < -0.4 is 5.73 Å². The maximum absolute atomic E-state index is 5.69. The zero-order chi connectivity index (χ0) is 9.72. The van der Waals surface area contributed by atoms with E-state index in [1.54, 1.807) is 0 Å². The lowest BCUT2D eigenvalue weighted by atomic mass is 10.0. The summed E-state index contributed by atoms with van der Waals surface area (Å²) in [4.78, 5) is 2.38. The van der Waals surface area contributed by atoms with Gasteiger partial charge in [0.05, 0.1) is 0 Å². The molecule has 0 amide bonds. The van der Waals surface area contributed by atoms with Crippen LogP contribution in [-0.2, 0) is 0 Å². The van der Waals surface area contributed by atoms with Gasteiger partial charge in [-0.25, -0.2) is 0 Å². The van der Waals surface area contributed by atoms with Gasteiger partial charge in [0.2, 0.25) is 0 Å². The minimum absolute atomic E-state index is 0.326. The highest BCUT2D eigenvalue weighted by Crippen LogP contribution is 2.08. The summed E-state index contributed by atoms with van der Waals surface area (Å²) in [6.45, 7) is 9.96. The molecule has 2 atom stereocenters. The summed E-state index contributed by atoms with van der Waals surface area (Å²) in [7, 11) is 2.17. The largest absolute Gasteiger partial charge is 0.328 e. The number of rotatable bonds is 5. The number of hydrogen-bond donors (Lipinski definition) is 1. The first kappa shape index (κ1) is 11.9. The zero-order valence-corrected chi connectivity index (χ0v) is 9.17. The van der Waals surface area contributed by atoms with Crippen LogP contribution in [0.5, 0.6) is 0 Å². The molecule has 2 N–H and O–H groups in total. The normalized spacial score (nSPS) is 17.0. The quantitative estimate of drug-likeness (QED) is 0.684. The van der Waals surface area contributed by atoms with Crippen molar-refractivity contribution in [3.8, 4) is 0 Å². The molecule has 0 aliphatic rings. The molecule has 2 heteroatoms. The van der Waals surface area contributed by atoms with Gasteiger partial charge >= 0.3 is 0 Å². The van der Waals surface area contributed by atoms with E-state index in [0.717, 1.165) is 18.9 Å². The summed E-state index contributed by atoms with van der Waals surface area (Å²) in [5.41, 5.74) is 5.69. The third kappa shape index (κ3) is 4.73. The minimum Gasteiger partial charge on any atom is -0.328 e. The van der Waals surface area contributed by atoms with Gasteiger partial charge in [-0.3, -0.25) is 0 Å². The highest BCUT2D eigenvalue weighted by molar-refractivity contribution is 4.68. The molecule has 0 spiro atoms. The van der Waals surface area contributed by atoms with Crippen LogP contribution in [0.1, 0.15) is 34.1 Å². The molecule has 74 valence electrons. The monoisotopic (exact) mass is 172 g/mol. The molecular formula is C10H24N2. The summed E-state index contributed by atoms with van der Waals surface area (Å²) in [6, 6.07) is 0.982. The standard InChI is InChI=1S/C10H24N2/c1-8(2)10(4)12(5)7-6-9(3)11/h8-10H,6-7,11H2,1-5H3. The average Bonchev–Trinajstić information content (AvgIpc) is 1.98. The lowest BCUT2D eigenvalue weighted by Crippen LogP contribution is -2.36. The van der Waals surface area contributed by atoms with Crippen LogP contribution >= 0.6 is 0 Å². The van der Waals surface area contributed by atoms with Crippen molar-refractivity contribution >= 4 is 0 Å². The predicted octanol–water partition coefficient (Wildman–Crippen LogP) is 1.70. The van der Waals surface area contributed by atoms with E-state index in [2.05, 4.69) is 39.6 Å². The summed E-state index contributed by atoms with van der Waals surface area (Å²) in [6.07, 6.45) is 1.09. The van der Waals surface area contributed by atoms with Crippen LogP contribution in [0.15, 0.2) is 0 Å². The topological polar surface area (TPSA) is 29.3 Å². The number of nitrogens with zero attached hydrogens (tertiary/aromatic N) is 1.